The lowest BCUT2D eigenvalue weighted by Crippen LogP contribution is -2.85. The molecule has 0 saturated heterocycles. The largest absolute Gasteiger partial charge is 0.422 e. The standard InChI is InChI=1S/C36H92N2Si12/c1-31(2)49(33(41(6,7)8)42(9,10)11,34(43(12,13)14)44(15,16)17)39(30-37)40(38-5)50(32(3)4,35(45(18,19)20)46(21,22)23)36(47(24,25)26)48(27,28)29/h31-36,39-40H,1-4,6-29H3/t39-,40+/m0/s1. The van der Waals surface area contributed by atoms with Crippen LogP contribution in [0.2, 0.25) is 187 Å². The number of hydrogen-bond donors (Lipinski definition) is 0. The maximum atomic E-state index is 12.6. The van der Waals surface area contributed by atoms with Gasteiger partial charge in [0.1, 0.15) is 7.59 Å². The minimum atomic E-state index is -2.40. The van der Waals surface area contributed by atoms with Crippen LogP contribution in [0.4, 0.5) is 0 Å². The number of nitriles is 1. The second-order valence-electron chi connectivity index (χ2n) is 26.2. The first-order valence-corrected chi connectivity index (χ1v) is 60.7. The van der Waals surface area contributed by atoms with E-state index in [4.69, 9.17) is 4.51 Å². The quantitative estimate of drug-likeness (QED) is 0.106. The van der Waals surface area contributed by atoms with Crippen LogP contribution in [-0.2, 0) is 0 Å². The van der Waals surface area contributed by atoms with Crippen molar-refractivity contribution in [2.45, 2.75) is 215 Å². The molecule has 0 aliphatic heterocycles. The molecular weight excluding hydrogens is 797 g/mol. The molecule has 2 atom stereocenters. The monoisotopic (exact) mass is 888 g/mol. The molecule has 14 heteroatoms. The highest BCUT2D eigenvalue weighted by Gasteiger charge is 2.78. The Bertz CT molecular complexity index is 996. The Morgan fingerprint density at radius 3 is 0.700 bits per heavy atom. The van der Waals surface area contributed by atoms with Gasteiger partial charge in [-0.3, -0.25) is 6.57 Å². The summed E-state index contributed by atoms with van der Waals surface area (Å²) in [6.07, 6.45) is 0. The molecule has 0 rings (SSSR count). The molecule has 0 radical (unpaired) electrons. The first kappa shape index (κ1) is 51.6. The summed E-state index contributed by atoms with van der Waals surface area (Å²) in [6.45, 7) is 86.2. The van der Waals surface area contributed by atoms with Gasteiger partial charge >= 0.3 is 7.99 Å². The van der Waals surface area contributed by atoms with E-state index < -0.39 is 95.6 Å². The Morgan fingerprint density at radius 1 is 0.400 bits per heavy atom. The molecule has 50 heavy (non-hydrogen) atoms. The molecule has 0 fully saturated rings. The summed E-state index contributed by atoms with van der Waals surface area (Å²) in [7, 11) is -23.2. The Morgan fingerprint density at radius 2 is 0.580 bits per heavy atom. The van der Waals surface area contributed by atoms with Crippen LogP contribution in [0, 0.1) is 17.5 Å². The topological polar surface area (TPSA) is 28.1 Å². The summed E-state index contributed by atoms with van der Waals surface area (Å²) in [6, 6.07) is 0. The van der Waals surface area contributed by atoms with Gasteiger partial charge in [-0.25, -0.2) is 5.26 Å². The lowest BCUT2D eigenvalue weighted by Gasteiger charge is -2.65. The van der Waals surface area contributed by atoms with Gasteiger partial charge in [0.25, 0.3) is 0 Å². The summed E-state index contributed by atoms with van der Waals surface area (Å²) < 4.78 is 5.47. The molecule has 0 aliphatic rings. The average Bonchev–Trinajstić information content (AvgIpc) is 2.73. The average molecular weight is 890 g/mol. The number of rotatable bonds is 17. The van der Waals surface area contributed by atoms with Crippen molar-refractivity contribution in [1.29, 1.82) is 5.26 Å². The second kappa shape index (κ2) is 16.2. The fraction of sp³-hybridized carbons (Fsp3) is 0.944. The molecule has 0 amide bonds. The molecule has 0 aliphatic carbocycles. The fourth-order valence-corrected chi connectivity index (χ4v) is 246. The van der Waals surface area contributed by atoms with Crippen molar-refractivity contribution in [2.24, 2.45) is 0 Å². The Hall–Kier alpha value is 1.58. The van der Waals surface area contributed by atoms with Crippen molar-refractivity contribution in [3.05, 3.63) is 11.1 Å². The molecular formula is C36H92N2Si12. The Labute approximate surface area is 330 Å². The molecule has 2 nitrogen and oxygen atoms in total. The molecule has 294 valence electrons. The van der Waals surface area contributed by atoms with Gasteiger partial charge in [0, 0.05) is 70.3 Å². The third-order valence-electron chi connectivity index (χ3n) is 12.6. The smallest absolute Gasteiger partial charge is 0.390 e. The van der Waals surface area contributed by atoms with E-state index in [1.54, 1.807) is 0 Å². The maximum Gasteiger partial charge on any atom is 0.390 e. The molecule has 0 aromatic carbocycles. The van der Waals surface area contributed by atoms with E-state index in [0.717, 1.165) is 19.2 Å². The second-order valence-corrected chi connectivity index (χ2v) is 104. The van der Waals surface area contributed by atoms with E-state index in [-0.39, 0.29) is 0 Å². The van der Waals surface area contributed by atoms with Crippen LogP contribution in [0.5, 0.6) is 0 Å². The Kier molecular flexibility index (Phi) is 16.7. The van der Waals surface area contributed by atoms with E-state index in [0.29, 0.717) is 11.1 Å². The third-order valence-corrected chi connectivity index (χ3v) is 136. The van der Waals surface area contributed by atoms with Crippen molar-refractivity contribution in [1.82, 2.24) is 0 Å². The van der Waals surface area contributed by atoms with Crippen molar-refractivity contribution >= 4 is 95.6 Å². The molecule has 0 saturated carbocycles. The van der Waals surface area contributed by atoms with Crippen LogP contribution in [-0.4, -0.2) is 95.6 Å². The van der Waals surface area contributed by atoms with Gasteiger partial charge < -0.3 is 4.51 Å². The van der Waals surface area contributed by atoms with Crippen molar-refractivity contribution < 1.29 is 0 Å². The summed E-state index contributed by atoms with van der Waals surface area (Å²) in [5.74, 6) is 0. The molecule has 0 aromatic rings. The van der Waals surface area contributed by atoms with Gasteiger partial charge in [0.05, 0.1) is 7.59 Å². The van der Waals surface area contributed by atoms with Crippen LogP contribution in [0.3, 0.4) is 0 Å². The number of hydrogen-bond acceptors (Lipinski definition) is 1. The normalized spacial score (nSPS) is 16.9. The van der Waals surface area contributed by atoms with Gasteiger partial charge in [-0.2, -0.15) is 0 Å². The van der Waals surface area contributed by atoms with E-state index in [2.05, 4.69) is 191 Å². The first-order valence-electron chi connectivity index (χ1n) is 20.3. The highest BCUT2D eigenvalue weighted by Crippen LogP contribution is 2.62. The zero-order valence-electron chi connectivity index (χ0n) is 39.5. The molecule has 0 bridgehead atoms. The first-order chi connectivity index (χ1) is 21.5. The van der Waals surface area contributed by atoms with E-state index in [1.165, 1.54) is 0 Å². The van der Waals surface area contributed by atoms with E-state index in [1.807, 2.05) is 0 Å². The third kappa shape index (κ3) is 10.5. The van der Waals surface area contributed by atoms with Gasteiger partial charge in [0.15, 0.2) is 0 Å². The molecule has 0 spiro atoms. The predicted molar refractivity (Wildman–Crippen MR) is 270 cm³/mol. The van der Waals surface area contributed by atoms with Crippen LogP contribution in [0.15, 0.2) is 0 Å². The minimum absolute atomic E-state index is 0.593. The number of nitrogens with zero attached hydrogens (tertiary/aromatic N) is 2. The molecule has 0 N–H and O–H groups in total. The van der Waals surface area contributed by atoms with Crippen molar-refractivity contribution in [2.75, 3.05) is 0 Å². The lowest BCUT2D eigenvalue weighted by molar-refractivity contribution is 0.986. The molecule has 0 aromatic heterocycles. The summed E-state index contributed by atoms with van der Waals surface area (Å²) in [5.41, 5.74) is 4.82. The van der Waals surface area contributed by atoms with Gasteiger partial charge in [-0.1, -0.05) is 200 Å². The maximum absolute atomic E-state index is 12.6. The van der Waals surface area contributed by atoms with Crippen LogP contribution in [0.25, 0.3) is 4.51 Å². The van der Waals surface area contributed by atoms with E-state index >= 15 is 0 Å². The van der Waals surface area contributed by atoms with Crippen LogP contribution >= 0.6 is 0 Å². The SMILES string of the molecule is [C-]#[N+][Si@H]([Si@H](C#N)[Si](C(C)C)(C([Si](C)(C)C)[Si](C)(C)C)C([Si](C)(C)C)[Si](C)(C)C)[Si](C(C)C)(C([Si](C)(C)C)[Si](C)(C)C)C([Si](C)(C)C)[Si](C)(C)C. The summed E-state index contributed by atoms with van der Waals surface area (Å²) >= 11 is 0. The van der Waals surface area contributed by atoms with Gasteiger partial charge in [-0.05, 0) is 15.1 Å². The van der Waals surface area contributed by atoms with Crippen molar-refractivity contribution in [3.63, 3.8) is 0 Å². The fourth-order valence-electron chi connectivity index (χ4n) is 15.2. The molecule has 0 unspecified atom stereocenters. The zero-order chi connectivity index (χ0) is 41.0. The predicted octanol–water partition coefficient (Wildman–Crippen LogP) is 13.4. The minimum Gasteiger partial charge on any atom is -0.422 e. The van der Waals surface area contributed by atoms with E-state index in [9.17, 15) is 11.8 Å². The van der Waals surface area contributed by atoms with Crippen molar-refractivity contribution in [3.8, 4) is 5.69 Å². The zero-order valence-corrected chi connectivity index (χ0v) is 51.8. The van der Waals surface area contributed by atoms with Gasteiger partial charge in [-0.15, -0.1) is 0 Å². The summed E-state index contributed by atoms with van der Waals surface area (Å²) in [4.78, 5) is 3.20. The molecule has 0 heterocycles. The summed E-state index contributed by atoms with van der Waals surface area (Å²) in [5, 5.41) is 12.6. The van der Waals surface area contributed by atoms with Crippen LogP contribution < -0.4 is 0 Å². The Balaban J connectivity index is 9.92. The van der Waals surface area contributed by atoms with Gasteiger partial charge in [0.2, 0.25) is 7.83 Å². The lowest BCUT2D eigenvalue weighted by atomic mass is 10.6. The highest BCUT2D eigenvalue weighted by molar-refractivity contribution is 7.79. The highest BCUT2D eigenvalue weighted by atomic mass is 29.8. The van der Waals surface area contributed by atoms with Crippen LogP contribution in [0.1, 0.15) is 27.7 Å².